The van der Waals surface area contributed by atoms with E-state index >= 15 is 0 Å². The van der Waals surface area contributed by atoms with Crippen LogP contribution >= 0.6 is 23.2 Å². The molecule has 0 aliphatic carbocycles. The molecule has 1 aromatic heterocycles. The molecule has 1 aromatic rings. The van der Waals surface area contributed by atoms with Gasteiger partial charge in [-0.05, 0) is 30.9 Å². The number of aromatic nitrogens is 1. The van der Waals surface area contributed by atoms with E-state index in [0.717, 1.165) is 31.1 Å². The van der Waals surface area contributed by atoms with E-state index in [9.17, 15) is 0 Å². The summed E-state index contributed by atoms with van der Waals surface area (Å²) in [4.78, 5) is 4.15. The predicted octanol–water partition coefficient (Wildman–Crippen LogP) is 3.80. The van der Waals surface area contributed by atoms with Crippen molar-refractivity contribution < 1.29 is 0 Å². The third-order valence-electron chi connectivity index (χ3n) is 2.19. The Bertz CT molecular complexity index is 292. The molecular formula is C11H16Cl2N2. The molecule has 0 fully saturated rings. The van der Waals surface area contributed by atoms with Crippen LogP contribution in [0.15, 0.2) is 18.3 Å². The van der Waals surface area contributed by atoms with Crippen molar-refractivity contribution in [3.05, 3.63) is 23.4 Å². The zero-order chi connectivity index (χ0) is 11.1. The van der Waals surface area contributed by atoms with E-state index in [0.29, 0.717) is 10.9 Å². The molecule has 1 N–H and O–H groups in total. The Morgan fingerprint density at radius 2 is 2.33 bits per heavy atom. The van der Waals surface area contributed by atoms with Crippen LogP contribution < -0.4 is 5.32 Å². The van der Waals surface area contributed by atoms with Crippen LogP contribution in [-0.2, 0) is 0 Å². The first-order valence-corrected chi connectivity index (χ1v) is 6.05. The van der Waals surface area contributed by atoms with Crippen LogP contribution in [0, 0.1) is 5.92 Å². The SMILES string of the molecule is CC(CCl)CCCNc1ncccc1Cl. The summed E-state index contributed by atoms with van der Waals surface area (Å²) in [5.41, 5.74) is 0. The highest BCUT2D eigenvalue weighted by Crippen LogP contribution is 2.17. The van der Waals surface area contributed by atoms with Crippen molar-refractivity contribution in [3.63, 3.8) is 0 Å². The van der Waals surface area contributed by atoms with Crippen molar-refractivity contribution in [1.82, 2.24) is 4.98 Å². The molecule has 0 spiro atoms. The topological polar surface area (TPSA) is 24.9 Å². The third-order valence-corrected chi connectivity index (χ3v) is 3.02. The molecule has 0 aliphatic heterocycles. The van der Waals surface area contributed by atoms with Gasteiger partial charge in [0.1, 0.15) is 5.82 Å². The molecule has 0 radical (unpaired) electrons. The molecule has 0 saturated heterocycles. The van der Waals surface area contributed by atoms with Crippen molar-refractivity contribution in [1.29, 1.82) is 0 Å². The number of nitrogens with one attached hydrogen (secondary N) is 1. The highest BCUT2D eigenvalue weighted by Gasteiger charge is 2.01. The molecular weight excluding hydrogens is 231 g/mol. The molecule has 15 heavy (non-hydrogen) atoms. The van der Waals surface area contributed by atoms with Gasteiger partial charge in [-0.1, -0.05) is 18.5 Å². The normalized spacial score (nSPS) is 12.5. The molecule has 0 saturated carbocycles. The Hall–Kier alpha value is -0.470. The number of hydrogen-bond donors (Lipinski definition) is 1. The zero-order valence-corrected chi connectivity index (χ0v) is 10.4. The Labute approximate surface area is 101 Å². The average molecular weight is 247 g/mol. The van der Waals surface area contributed by atoms with Crippen LogP contribution in [0.1, 0.15) is 19.8 Å². The highest BCUT2D eigenvalue weighted by atomic mass is 35.5. The van der Waals surface area contributed by atoms with Gasteiger partial charge in [0, 0.05) is 18.6 Å². The van der Waals surface area contributed by atoms with Gasteiger partial charge in [0.25, 0.3) is 0 Å². The first-order chi connectivity index (χ1) is 7.24. The molecule has 0 aromatic carbocycles. The van der Waals surface area contributed by atoms with E-state index in [-0.39, 0.29) is 0 Å². The lowest BCUT2D eigenvalue weighted by Gasteiger charge is -2.09. The molecule has 2 nitrogen and oxygen atoms in total. The summed E-state index contributed by atoms with van der Waals surface area (Å²) in [5.74, 6) is 2.06. The van der Waals surface area contributed by atoms with Gasteiger partial charge in [0.15, 0.2) is 0 Å². The minimum Gasteiger partial charge on any atom is -0.369 e. The van der Waals surface area contributed by atoms with Gasteiger partial charge >= 0.3 is 0 Å². The first kappa shape index (κ1) is 12.6. The van der Waals surface area contributed by atoms with E-state index in [1.807, 2.05) is 12.1 Å². The second-order valence-corrected chi connectivity index (χ2v) is 4.38. The van der Waals surface area contributed by atoms with E-state index in [1.54, 1.807) is 6.20 Å². The number of nitrogens with zero attached hydrogens (tertiary/aromatic N) is 1. The van der Waals surface area contributed by atoms with Gasteiger partial charge in [-0.25, -0.2) is 4.98 Å². The lowest BCUT2D eigenvalue weighted by atomic mass is 10.1. The summed E-state index contributed by atoms with van der Waals surface area (Å²) in [7, 11) is 0. The van der Waals surface area contributed by atoms with Gasteiger partial charge in [-0.2, -0.15) is 0 Å². The van der Waals surface area contributed by atoms with Gasteiger partial charge < -0.3 is 5.32 Å². The summed E-state index contributed by atoms with van der Waals surface area (Å²) >= 11 is 11.7. The molecule has 0 aliphatic rings. The fraction of sp³-hybridized carbons (Fsp3) is 0.545. The number of alkyl halides is 1. The lowest BCUT2D eigenvalue weighted by Crippen LogP contribution is -2.06. The highest BCUT2D eigenvalue weighted by molar-refractivity contribution is 6.32. The zero-order valence-electron chi connectivity index (χ0n) is 8.84. The number of pyridine rings is 1. The average Bonchev–Trinajstić information content (AvgIpc) is 2.26. The van der Waals surface area contributed by atoms with Gasteiger partial charge in [0.05, 0.1) is 5.02 Å². The predicted molar refractivity (Wildman–Crippen MR) is 66.9 cm³/mol. The fourth-order valence-corrected chi connectivity index (χ4v) is 1.59. The molecule has 84 valence electrons. The number of hydrogen-bond acceptors (Lipinski definition) is 2. The van der Waals surface area contributed by atoms with Crippen LogP contribution in [0.25, 0.3) is 0 Å². The summed E-state index contributed by atoms with van der Waals surface area (Å²) < 4.78 is 0. The van der Waals surface area contributed by atoms with Crippen LogP contribution in [-0.4, -0.2) is 17.4 Å². The van der Waals surface area contributed by atoms with Gasteiger partial charge in [0.2, 0.25) is 0 Å². The summed E-state index contributed by atoms with van der Waals surface area (Å²) in [6.07, 6.45) is 3.94. The molecule has 1 rings (SSSR count). The lowest BCUT2D eigenvalue weighted by molar-refractivity contribution is 0.572. The molecule has 1 unspecified atom stereocenters. The summed E-state index contributed by atoms with van der Waals surface area (Å²) in [5, 5.41) is 3.88. The number of rotatable bonds is 6. The van der Waals surface area contributed by atoms with Gasteiger partial charge in [-0.15, -0.1) is 11.6 Å². The maximum Gasteiger partial charge on any atom is 0.144 e. The van der Waals surface area contributed by atoms with E-state index in [2.05, 4.69) is 17.2 Å². The Kier molecular flexibility index (Phi) is 5.81. The second kappa shape index (κ2) is 6.91. The number of anilines is 1. The van der Waals surface area contributed by atoms with Crippen LogP contribution in [0.2, 0.25) is 5.02 Å². The van der Waals surface area contributed by atoms with Gasteiger partial charge in [-0.3, -0.25) is 0 Å². The minimum atomic E-state index is 0.577. The quantitative estimate of drug-likeness (QED) is 0.610. The first-order valence-electron chi connectivity index (χ1n) is 5.14. The summed E-state index contributed by atoms with van der Waals surface area (Å²) in [6, 6.07) is 3.65. The van der Waals surface area contributed by atoms with E-state index in [4.69, 9.17) is 23.2 Å². The standard InChI is InChI=1S/C11H16Cl2N2/c1-9(8-12)4-2-6-14-11-10(13)5-3-7-15-11/h3,5,7,9H,2,4,6,8H2,1H3,(H,14,15). The van der Waals surface area contributed by atoms with E-state index < -0.39 is 0 Å². The van der Waals surface area contributed by atoms with E-state index in [1.165, 1.54) is 0 Å². The van der Waals surface area contributed by atoms with Crippen LogP contribution in [0.5, 0.6) is 0 Å². The number of halogens is 2. The minimum absolute atomic E-state index is 0.577. The molecule has 1 heterocycles. The third kappa shape index (κ3) is 4.72. The van der Waals surface area contributed by atoms with Crippen molar-refractivity contribution in [2.45, 2.75) is 19.8 Å². The van der Waals surface area contributed by atoms with Crippen molar-refractivity contribution in [3.8, 4) is 0 Å². The molecule has 0 bridgehead atoms. The monoisotopic (exact) mass is 246 g/mol. The van der Waals surface area contributed by atoms with Crippen LogP contribution in [0.4, 0.5) is 5.82 Å². The van der Waals surface area contributed by atoms with Crippen molar-refractivity contribution >= 4 is 29.0 Å². The maximum absolute atomic E-state index is 5.95. The Morgan fingerprint density at radius 3 is 3.00 bits per heavy atom. The van der Waals surface area contributed by atoms with Crippen molar-refractivity contribution in [2.24, 2.45) is 5.92 Å². The fourth-order valence-electron chi connectivity index (χ4n) is 1.25. The maximum atomic E-state index is 5.95. The second-order valence-electron chi connectivity index (χ2n) is 3.66. The van der Waals surface area contributed by atoms with Crippen LogP contribution in [0.3, 0.4) is 0 Å². The molecule has 0 amide bonds. The van der Waals surface area contributed by atoms with Crippen molar-refractivity contribution in [2.75, 3.05) is 17.7 Å². The molecule has 1 atom stereocenters. The Morgan fingerprint density at radius 1 is 1.53 bits per heavy atom. The smallest absolute Gasteiger partial charge is 0.144 e. The Balaban J connectivity index is 2.23. The summed E-state index contributed by atoms with van der Waals surface area (Å²) in [6.45, 7) is 3.04. The largest absolute Gasteiger partial charge is 0.369 e. The molecule has 4 heteroatoms.